The number of carbonyl (C=O) groups excluding carboxylic acids is 1. The number of nitrogens with zero attached hydrogens (tertiary/aromatic N) is 1. The van der Waals surface area contributed by atoms with E-state index in [0.717, 1.165) is 16.9 Å². The molecule has 2 atom stereocenters. The summed E-state index contributed by atoms with van der Waals surface area (Å²) in [5.41, 5.74) is 1.07. The lowest BCUT2D eigenvalue weighted by Crippen LogP contribution is -2.32. The zero-order valence-corrected chi connectivity index (χ0v) is 12.6. The van der Waals surface area contributed by atoms with E-state index in [1.54, 1.807) is 4.90 Å². The maximum Gasteiger partial charge on any atom is 0.228 e. The first-order valence-corrected chi connectivity index (χ1v) is 7.52. The second kappa shape index (κ2) is 6.89. The van der Waals surface area contributed by atoms with E-state index in [0.29, 0.717) is 13.2 Å². The lowest BCUT2D eigenvalue weighted by Gasteiger charge is -2.19. The number of ether oxygens (including phenoxy) is 1. The first-order chi connectivity index (χ1) is 9.60. The van der Waals surface area contributed by atoms with Gasteiger partial charge < -0.3 is 14.7 Å². The molecule has 1 aliphatic rings. The van der Waals surface area contributed by atoms with E-state index in [9.17, 15) is 4.79 Å². The number of hydrogen-bond donors (Lipinski definition) is 1. The average molecular weight is 293 g/mol. The normalized spacial score (nSPS) is 21.4. The van der Waals surface area contributed by atoms with E-state index in [4.69, 9.17) is 9.84 Å². The maximum atomic E-state index is 12.3. The van der Waals surface area contributed by atoms with E-state index in [2.05, 4.69) is 11.8 Å². The Bertz CT molecular complexity index is 529. The summed E-state index contributed by atoms with van der Waals surface area (Å²) in [5.74, 6) is 5.63. The predicted octanol–water partition coefficient (Wildman–Crippen LogP) is 1.48. The summed E-state index contributed by atoms with van der Waals surface area (Å²) in [7, 11) is 1.82. The van der Waals surface area contributed by atoms with Gasteiger partial charge in [0.15, 0.2) is 0 Å². The van der Waals surface area contributed by atoms with Crippen LogP contribution in [0, 0.1) is 17.8 Å². The Hall–Kier alpha value is -1.35. The Labute approximate surface area is 123 Å². The molecule has 0 aliphatic carbocycles. The highest BCUT2D eigenvalue weighted by Crippen LogP contribution is 2.22. The number of carbonyl (C=O) groups is 1. The Kier molecular flexibility index (Phi) is 5.18. The van der Waals surface area contributed by atoms with Crippen molar-refractivity contribution < 1.29 is 14.6 Å². The number of amides is 1. The number of rotatable bonds is 3. The number of aliphatic hydroxyl groups is 1. The standard InChI is InChI=1S/C15H19NO3S/c1-11-6-13(9-19-11)15(18)16(2)8-12-7-14(20-10-12)4-3-5-17/h7,10-11,13,17H,5-6,8-9H2,1-2H3. The Balaban J connectivity index is 1.92. The van der Waals surface area contributed by atoms with Crippen LogP contribution in [0.25, 0.3) is 0 Å². The van der Waals surface area contributed by atoms with Gasteiger partial charge in [-0.25, -0.2) is 0 Å². The molecule has 20 heavy (non-hydrogen) atoms. The summed E-state index contributed by atoms with van der Waals surface area (Å²) in [6, 6.07) is 1.96. The number of aliphatic hydroxyl groups excluding tert-OH is 1. The summed E-state index contributed by atoms with van der Waals surface area (Å²) in [6.07, 6.45) is 0.985. The zero-order chi connectivity index (χ0) is 14.5. The van der Waals surface area contributed by atoms with Crippen LogP contribution in [0.3, 0.4) is 0 Å². The van der Waals surface area contributed by atoms with Gasteiger partial charge in [0, 0.05) is 13.6 Å². The van der Waals surface area contributed by atoms with Crippen molar-refractivity contribution in [2.45, 2.75) is 26.0 Å². The van der Waals surface area contributed by atoms with Gasteiger partial charge in [-0.1, -0.05) is 11.8 Å². The molecule has 2 heterocycles. The summed E-state index contributed by atoms with van der Waals surface area (Å²) < 4.78 is 5.45. The van der Waals surface area contributed by atoms with Crippen LogP contribution in [0.1, 0.15) is 23.8 Å². The SMILES string of the molecule is CC1CC(C(=O)N(C)Cc2csc(C#CCO)c2)CO1. The third kappa shape index (κ3) is 3.83. The second-order valence-corrected chi connectivity index (χ2v) is 5.96. The van der Waals surface area contributed by atoms with Gasteiger partial charge >= 0.3 is 0 Å². The third-order valence-corrected chi connectivity index (χ3v) is 4.18. The van der Waals surface area contributed by atoms with Crippen LogP contribution in [0.5, 0.6) is 0 Å². The molecule has 0 saturated carbocycles. The lowest BCUT2D eigenvalue weighted by molar-refractivity contribution is -0.134. The number of thiophene rings is 1. The molecule has 2 rings (SSSR count). The molecule has 5 heteroatoms. The monoisotopic (exact) mass is 293 g/mol. The van der Waals surface area contributed by atoms with Gasteiger partial charge in [-0.15, -0.1) is 11.3 Å². The first-order valence-electron chi connectivity index (χ1n) is 6.64. The molecule has 1 fully saturated rings. The van der Waals surface area contributed by atoms with Crippen molar-refractivity contribution in [3.8, 4) is 11.8 Å². The Morgan fingerprint density at radius 3 is 3.10 bits per heavy atom. The molecule has 1 aromatic heterocycles. The van der Waals surface area contributed by atoms with Gasteiger partial charge in [-0.2, -0.15) is 0 Å². The van der Waals surface area contributed by atoms with Gasteiger partial charge in [0.2, 0.25) is 5.91 Å². The minimum Gasteiger partial charge on any atom is -0.384 e. The van der Waals surface area contributed by atoms with Gasteiger partial charge in [-0.3, -0.25) is 4.79 Å². The zero-order valence-electron chi connectivity index (χ0n) is 11.8. The minimum absolute atomic E-state index is 0.0118. The van der Waals surface area contributed by atoms with Crippen LogP contribution < -0.4 is 0 Å². The van der Waals surface area contributed by atoms with Gasteiger partial charge in [0.25, 0.3) is 0 Å². The van der Waals surface area contributed by atoms with Crippen LogP contribution in [0.2, 0.25) is 0 Å². The molecule has 1 aromatic rings. The molecule has 0 spiro atoms. The van der Waals surface area contributed by atoms with Crippen LogP contribution >= 0.6 is 11.3 Å². The van der Waals surface area contributed by atoms with E-state index < -0.39 is 0 Å². The third-order valence-electron chi connectivity index (χ3n) is 3.29. The smallest absolute Gasteiger partial charge is 0.228 e. The first kappa shape index (κ1) is 15.0. The summed E-state index contributed by atoms with van der Waals surface area (Å²) >= 11 is 1.53. The van der Waals surface area contributed by atoms with Crippen LogP contribution in [0.15, 0.2) is 11.4 Å². The van der Waals surface area contributed by atoms with E-state index in [1.807, 2.05) is 25.4 Å². The van der Waals surface area contributed by atoms with Crippen molar-refractivity contribution in [2.75, 3.05) is 20.3 Å². The Morgan fingerprint density at radius 1 is 1.65 bits per heavy atom. The Morgan fingerprint density at radius 2 is 2.45 bits per heavy atom. The quantitative estimate of drug-likeness (QED) is 0.859. The van der Waals surface area contributed by atoms with E-state index in [-0.39, 0.29) is 24.5 Å². The number of hydrogen-bond acceptors (Lipinski definition) is 4. The van der Waals surface area contributed by atoms with Crippen LogP contribution in [-0.2, 0) is 16.1 Å². The lowest BCUT2D eigenvalue weighted by atomic mass is 10.0. The fourth-order valence-corrected chi connectivity index (χ4v) is 3.07. The predicted molar refractivity (Wildman–Crippen MR) is 78.3 cm³/mol. The molecule has 1 aliphatic heterocycles. The minimum atomic E-state index is -0.133. The van der Waals surface area contributed by atoms with E-state index in [1.165, 1.54) is 11.3 Å². The van der Waals surface area contributed by atoms with Gasteiger partial charge in [-0.05, 0) is 30.4 Å². The largest absolute Gasteiger partial charge is 0.384 e. The molecule has 0 aromatic carbocycles. The van der Waals surface area contributed by atoms with Crippen LogP contribution in [-0.4, -0.2) is 42.3 Å². The molecule has 4 nitrogen and oxygen atoms in total. The molecule has 0 bridgehead atoms. The van der Waals surface area contributed by atoms with Crippen molar-refractivity contribution in [2.24, 2.45) is 5.92 Å². The second-order valence-electron chi connectivity index (χ2n) is 5.05. The van der Waals surface area contributed by atoms with E-state index >= 15 is 0 Å². The van der Waals surface area contributed by atoms with Gasteiger partial charge in [0.1, 0.15) is 6.61 Å². The maximum absolute atomic E-state index is 12.3. The van der Waals surface area contributed by atoms with Crippen molar-refractivity contribution >= 4 is 17.2 Å². The van der Waals surface area contributed by atoms with Gasteiger partial charge in [0.05, 0.1) is 23.5 Å². The molecular formula is C15H19NO3S. The van der Waals surface area contributed by atoms with Crippen molar-refractivity contribution in [1.29, 1.82) is 0 Å². The topological polar surface area (TPSA) is 49.8 Å². The fraction of sp³-hybridized carbons (Fsp3) is 0.533. The molecule has 2 unspecified atom stereocenters. The average Bonchev–Trinajstić information content (AvgIpc) is 3.04. The van der Waals surface area contributed by atoms with Crippen molar-refractivity contribution in [1.82, 2.24) is 4.90 Å². The molecule has 108 valence electrons. The molecular weight excluding hydrogens is 274 g/mol. The highest BCUT2D eigenvalue weighted by atomic mass is 32.1. The molecule has 1 amide bonds. The summed E-state index contributed by atoms with van der Waals surface area (Å²) in [6.45, 7) is 2.98. The molecule has 0 radical (unpaired) electrons. The highest BCUT2D eigenvalue weighted by molar-refractivity contribution is 7.10. The highest BCUT2D eigenvalue weighted by Gasteiger charge is 2.30. The summed E-state index contributed by atoms with van der Waals surface area (Å²) in [5, 5.41) is 10.7. The fourth-order valence-electron chi connectivity index (χ4n) is 2.30. The van der Waals surface area contributed by atoms with Crippen LogP contribution in [0.4, 0.5) is 0 Å². The van der Waals surface area contributed by atoms with Crippen molar-refractivity contribution in [3.63, 3.8) is 0 Å². The molecule has 1 saturated heterocycles. The summed E-state index contributed by atoms with van der Waals surface area (Å²) in [4.78, 5) is 14.9. The molecule has 1 N–H and O–H groups in total. The van der Waals surface area contributed by atoms with Crippen molar-refractivity contribution in [3.05, 3.63) is 21.9 Å².